The van der Waals surface area contributed by atoms with E-state index in [1.165, 1.54) is 14.2 Å². The Morgan fingerprint density at radius 3 is 2.43 bits per heavy atom. The second-order valence-corrected chi connectivity index (χ2v) is 14.0. The Morgan fingerprint density at radius 1 is 1.17 bits per heavy atom. The van der Waals surface area contributed by atoms with Gasteiger partial charge in [-0.1, -0.05) is 39.8 Å². The molecule has 2 saturated heterocycles. The molecule has 0 spiro atoms. The minimum atomic E-state index is -1.74. The Labute approximate surface area is 275 Å². The molecule has 3 aliphatic rings. The fourth-order valence-corrected chi connectivity index (χ4v) is 6.82. The van der Waals surface area contributed by atoms with Gasteiger partial charge in [-0.05, 0) is 25.0 Å². The molecule has 0 bridgehead atoms. The lowest BCUT2D eigenvalue weighted by Gasteiger charge is -2.48. The maximum Gasteiger partial charge on any atom is 0.342 e. The lowest BCUT2D eigenvalue weighted by atomic mass is 9.73. The first-order valence-electron chi connectivity index (χ1n) is 16.1. The molecular formula is C34H51NO12. The number of phenols is 2. The molecule has 13 nitrogen and oxygen atoms in total. The van der Waals surface area contributed by atoms with Crippen molar-refractivity contribution < 1.29 is 58.8 Å². The maximum atomic E-state index is 13.4. The number of benzene rings is 1. The quantitative estimate of drug-likeness (QED) is 0.121. The number of rotatable bonds is 10. The number of aromatic hydroxyl groups is 2. The number of aliphatic hydroxyl groups is 3. The lowest BCUT2D eigenvalue weighted by Crippen LogP contribution is -2.62. The van der Waals surface area contributed by atoms with Gasteiger partial charge in [-0.15, -0.1) is 0 Å². The fraction of sp³-hybridized carbons (Fsp3) is 0.706. The Bertz CT molecular complexity index is 1350. The van der Waals surface area contributed by atoms with Crippen LogP contribution in [0.3, 0.4) is 0 Å². The van der Waals surface area contributed by atoms with E-state index in [0.29, 0.717) is 11.1 Å². The molecule has 47 heavy (non-hydrogen) atoms. The number of esters is 1. The van der Waals surface area contributed by atoms with Gasteiger partial charge in [0.1, 0.15) is 29.3 Å². The van der Waals surface area contributed by atoms with Crippen LogP contribution in [-0.4, -0.2) is 106 Å². The number of phenolic OH excluding ortho intramolecular Hbond substituents is 2. The van der Waals surface area contributed by atoms with Crippen LogP contribution in [0.25, 0.3) is 0 Å². The predicted molar refractivity (Wildman–Crippen MR) is 168 cm³/mol. The summed E-state index contributed by atoms with van der Waals surface area (Å²) in [6, 6.07) is 1.10. The Hall–Kier alpha value is -2.78. The van der Waals surface area contributed by atoms with Crippen LogP contribution in [-0.2, 0) is 34.9 Å². The number of aliphatic hydroxyl groups excluding tert-OH is 3. The van der Waals surface area contributed by atoms with E-state index in [4.69, 9.17) is 23.7 Å². The van der Waals surface area contributed by atoms with Gasteiger partial charge in [-0.25, -0.2) is 4.79 Å². The second kappa shape index (κ2) is 14.0. The van der Waals surface area contributed by atoms with E-state index in [0.717, 1.165) is 11.6 Å². The van der Waals surface area contributed by atoms with Gasteiger partial charge in [0.25, 0.3) is 5.91 Å². The molecule has 0 radical (unpaired) electrons. The van der Waals surface area contributed by atoms with Crippen molar-refractivity contribution in [1.29, 1.82) is 0 Å². The number of nitrogens with one attached hydrogen (secondary N) is 1. The van der Waals surface area contributed by atoms with E-state index in [1.807, 2.05) is 27.7 Å². The number of fused-ring (bicyclic) bond motifs is 1. The Morgan fingerprint density at radius 2 is 1.83 bits per heavy atom. The number of carbonyl (C=O) groups is 2. The molecule has 1 amide bonds. The van der Waals surface area contributed by atoms with Gasteiger partial charge in [0, 0.05) is 63.2 Å². The van der Waals surface area contributed by atoms with Gasteiger partial charge in [-0.3, -0.25) is 4.79 Å². The SMILES string of the molecule is C=C1C[C@](OC)([C@H](O)C(=O)N[C@@H](OC)[C@@H]2C[C@@H](O)C(C)(C)[C@@H](C[C@H](O)[C@@H](C)[C@H]3Cc4c(C)c(O)cc(O)c4C(=O)O3)O2)O[C@H](C)[C@@H]1C. The average Bonchev–Trinajstić information content (AvgIpc) is 3.01. The molecule has 2 fully saturated rings. The van der Waals surface area contributed by atoms with E-state index < -0.39 is 71.8 Å². The highest BCUT2D eigenvalue weighted by Crippen LogP contribution is 2.43. The summed E-state index contributed by atoms with van der Waals surface area (Å²) >= 11 is 0. The summed E-state index contributed by atoms with van der Waals surface area (Å²) in [7, 11) is 2.71. The van der Waals surface area contributed by atoms with Crippen LogP contribution >= 0.6 is 0 Å². The first kappa shape index (κ1) is 37.0. The predicted octanol–water partition coefficient (Wildman–Crippen LogP) is 2.21. The third kappa shape index (κ3) is 7.03. The summed E-state index contributed by atoms with van der Waals surface area (Å²) in [4.78, 5) is 26.2. The van der Waals surface area contributed by atoms with Crippen molar-refractivity contribution in [2.24, 2.45) is 17.3 Å². The van der Waals surface area contributed by atoms with Crippen LogP contribution in [0.4, 0.5) is 0 Å². The summed E-state index contributed by atoms with van der Waals surface area (Å²) < 4.78 is 29.1. The molecule has 6 N–H and O–H groups in total. The second-order valence-electron chi connectivity index (χ2n) is 14.0. The van der Waals surface area contributed by atoms with E-state index in [9.17, 15) is 35.1 Å². The molecule has 0 aromatic heterocycles. The number of amides is 1. The van der Waals surface area contributed by atoms with Gasteiger partial charge < -0.3 is 54.5 Å². The third-order valence-electron chi connectivity index (χ3n) is 10.8. The topological polar surface area (TPSA) is 193 Å². The van der Waals surface area contributed by atoms with Crippen molar-refractivity contribution in [2.75, 3.05) is 14.2 Å². The summed E-state index contributed by atoms with van der Waals surface area (Å²) in [6.45, 7) is 14.8. The molecule has 1 aromatic carbocycles. The van der Waals surface area contributed by atoms with Crippen molar-refractivity contribution in [3.8, 4) is 11.5 Å². The zero-order chi connectivity index (χ0) is 35.2. The molecule has 4 rings (SSSR count). The minimum Gasteiger partial charge on any atom is -0.508 e. The molecule has 264 valence electrons. The van der Waals surface area contributed by atoms with Crippen LogP contribution in [0, 0.1) is 24.2 Å². The molecule has 0 aliphatic carbocycles. The van der Waals surface area contributed by atoms with Crippen LogP contribution in [0.1, 0.15) is 75.4 Å². The highest BCUT2D eigenvalue weighted by molar-refractivity contribution is 5.96. The zero-order valence-corrected chi connectivity index (χ0v) is 28.5. The van der Waals surface area contributed by atoms with Crippen LogP contribution in [0.15, 0.2) is 18.2 Å². The minimum absolute atomic E-state index is 0.000744. The summed E-state index contributed by atoms with van der Waals surface area (Å²) in [5.74, 6) is -4.34. The highest BCUT2D eigenvalue weighted by atomic mass is 16.7. The van der Waals surface area contributed by atoms with E-state index in [1.54, 1.807) is 13.8 Å². The zero-order valence-electron chi connectivity index (χ0n) is 28.5. The molecule has 3 aliphatic heterocycles. The van der Waals surface area contributed by atoms with Gasteiger partial charge in [0.15, 0.2) is 12.3 Å². The van der Waals surface area contributed by atoms with Crippen molar-refractivity contribution in [1.82, 2.24) is 5.32 Å². The number of methoxy groups -OCH3 is 2. The van der Waals surface area contributed by atoms with Gasteiger partial charge in [0.05, 0.1) is 24.4 Å². The van der Waals surface area contributed by atoms with E-state index in [2.05, 4.69) is 11.9 Å². The number of ether oxygens (including phenoxy) is 5. The van der Waals surface area contributed by atoms with Crippen LogP contribution < -0.4 is 5.32 Å². The molecule has 3 heterocycles. The van der Waals surface area contributed by atoms with E-state index >= 15 is 0 Å². The molecule has 0 saturated carbocycles. The van der Waals surface area contributed by atoms with Crippen molar-refractivity contribution >= 4 is 11.9 Å². The molecule has 0 unspecified atom stereocenters. The van der Waals surface area contributed by atoms with Gasteiger partial charge >= 0.3 is 5.97 Å². The maximum absolute atomic E-state index is 13.4. The monoisotopic (exact) mass is 665 g/mol. The van der Waals surface area contributed by atoms with Crippen molar-refractivity contribution in [3.05, 3.63) is 34.9 Å². The van der Waals surface area contributed by atoms with Gasteiger partial charge in [-0.2, -0.15) is 0 Å². The van der Waals surface area contributed by atoms with E-state index in [-0.39, 0.29) is 54.8 Å². The number of hydrogen-bond acceptors (Lipinski definition) is 12. The third-order valence-corrected chi connectivity index (χ3v) is 10.8. The Balaban J connectivity index is 1.47. The summed E-state index contributed by atoms with van der Waals surface area (Å²) in [5, 5.41) is 56.8. The standard InChI is InChI=1S/C34H51NO12/c1-15-14-34(44-9,47-19(5)16(15)2)29(40)30(41)35-31(43-8)25-13-26(39)33(6,7)27(45-25)12-22(37)18(4)24-10-20-17(3)21(36)11-23(38)28(20)32(42)46-24/h11,16,18-19,22,24-27,29,31,36-40H,1,10,12-14H2,2-9H3,(H,35,41)/t16-,18-,19-,22+,24-,25+,26-,27-,29-,31+,34-/m1/s1. The largest absolute Gasteiger partial charge is 0.508 e. The molecule has 1 aromatic rings. The molecule has 11 atom stereocenters. The normalized spacial score (nSPS) is 33.3. The first-order chi connectivity index (χ1) is 21.9. The molecular weight excluding hydrogens is 614 g/mol. The lowest BCUT2D eigenvalue weighted by molar-refractivity contribution is -0.298. The molecule has 13 heteroatoms. The van der Waals surface area contributed by atoms with Crippen molar-refractivity contribution in [2.45, 2.75) is 122 Å². The number of cyclic esters (lactones) is 1. The van der Waals surface area contributed by atoms with Crippen molar-refractivity contribution in [3.63, 3.8) is 0 Å². The van der Waals surface area contributed by atoms with Gasteiger partial charge in [0.2, 0.25) is 5.79 Å². The van der Waals surface area contributed by atoms with Crippen LogP contribution in [0.5, 0.6) is 11.5 Å². The summed E-state index contributed by atoms with van der Waals surface area (Å²) in [5.41, 5.74) is 0.847. The fourth-order valence-electron chi connectivity index (χ4n) is 6.82. The highest BCUT2D eigenvalue weighted by Gasteiger charge is 2.52. The van der Waals surface area contributed by atoms with Crippen LogP contribution in [0.2, 0.25) is 0 Å². The number of hydrogen-bond donors (Lipinski definition) is 6. The smallest absolute Gasteiger partial charge is 0.342 e. The summed E-state index contributed by atoms with van der Waals surface area (Å²) in [6.07, 6.45) is -7.11. The first-order valence-corrected chi connectivity index (χ1v) is 16.1. The number of carbonyl (C=O) groups excluding carboxylic acids is 2. The average molecular weight is 666 g/mol. The Kier molecular flexibility index (Phi) is 11.0.